The van der Waals surface area contributed by atoms with E-state index in [0.717, 1.165) is 12.1 Å². The number of carbonyl (C=O) groups is 8. The Bertz CT molecular complexity index is 1890. The van der Waals surface area contributed by atoms with Gasteiger partial charge in [-0.25, -0.2) is 0 Å². The van der Waals surface area contributed by atoms with Gasteiger partial charge in [-0.05, 0) is 43.0 Å². The van der Waals surface area contributed by atoms with Gasteiger partial charge in [-0.3, -0.25) is 53.8 Å². The third kappa shape index (κ3) is 15.0. The van der Waals surface area contributed by atoms with Crippen LogP contribution in [0.4, 0.5) is 11.4 Å². The van der Waals surface area contributed by atoms with E-state index >= 15 is 0 Å². The van der Waals surface area contributed by atoms with Crippen molar-refractivity contribution in [3.05, 3.63) is 63.7 Å². The van der Waals surface area contributed by atoms with E-state index in [-0.39, 0.29) is 23.2 Å². The number of aliphatic hydroxyl groups excluding tert-OH is 1. The fourth-order valence-electron chi connectivity index (χ4n) is 5.44. The minimum atomic E-state index is -1.76. The zero-order valence-corrected chi connectivity index (χ0v) is 33.0. The first-order chi connectivity index (χ1) is 27.7. The number of rotatable bonds is 22. The van der Waals surface area contributed by atoms with E-state index in [1.165, 1.54) is 25.1 Å². The number of benzene rings is 2. The molecule has 2 rings (SSSR count). The van der Waals surface area contributed by atoms with Crippen LogP contribution in [0.3, 0.4) is 0 Å². The number of imide groups is 1. The number of nitro benzene ring substituents is 1. The van der Waals surface area contributed by atoms with E-state index in [2.05, 4.69) is 26.6 Å². The second-order valence-corrected chi connectivity index (χ2v) is 13.9. The van der Waals surface area contributed by atoms with Crippen molar-refractivity contribution in [1.82, 2.24) is 31.9 Å². The van der Waals surface area contributed by atoms with Crippen LogP contribution in [0, 0.1) is 16.0 Å². The average molecular weight is 829 g/mol. The number of aliphatic hydroxyl groups is 1. The first kappa shape index (κ1) is 48.5. The van der Waals surface area contributed by atoms with Crippen molar-refractivity contribution in [1.29, 1.82) is 0 Å². The zero-order valence-electron chi connectivity index (χ0n) is 33.0. The summed E-state index contributed by atoms with van der Waals surface area (Å²) in [5.41, 5.74) is 16.2. The van der Waals surface area contributed by atoms with Gasteiger partial charge >= 0.3 is 5.69 Å². The molecule has 0 aliphatic heterocycles. The van der Waals surface area contributed by atoms with Crippen LogP contribution in [0.5, 0.6) is 5.75 Å². The van der Waals surface area contributed by atoms with Crippen LogP contribution in [0.2, 0.25) is 0 Å². The summed E-state index contributed by atoms with van der Waals surface area (Å²) in [6, 6.07) is 0.691. The summed E-state index contributed by atoms with van der Waals surface area (Å²) < 4.78 is 0. The second-order valence-electron chi connectivity index (χ2n) is 13.9. The van der Waals surface area contributed by atoms with Gasteiger partial charge in [-0.1, -0.05) is 51.8 Å². The summed E-state index contributed by atoms with van der Waals surface area (Å²) in [5, 5.41) is 45.5. The number of aromatic hydroxyl groups is 1. The standard InChI is InChI=1S/C37H52N10O12/c1-5-6-11-24(42-31(51)19(4)41-37(57)30(18(2)3)45-32(52)21-9-7-8-10-22(21)38)34(54)44-26(17-48)36(56)43-25(35(55)46-33(53)23(39)16-29(40)50)14-20-12-13-28(49)27(15-20)47(58)59/h7-10,12-13,15,18-19,23-26,30,48-49H,5-6,11,14,16-17,38-39H2,1-4H3,(H2,40,50)(H,41,57)(H,42,51)(H,43,56)(H,44,54)(H,45,52)(H,46,53,55)/t19-,23-,24-,25-,26-,30-/m0/s1. The summed E-state index contributed by atoms with van der Waals surface area (Å²) in [6.45, 7) is 5.49. The van der Waals surface area contributed by atoms with E-state index in [0.29, 0.717) is 12.8 Å². The smallest absolute Gasteiger partial charge is 0.310 e. The van der Waals surface area contributed by atoms with Crippen molar-refractivity contribution in [2.24, 2.45) is 17.4 Å². The summed E-state index contributed by atoms with van der Waals surface area (Å²) in [7, 11) is 0. The Morgan fingerprint density at radius 1 is 0.797 bits per heavy atom. The molecular formula is C37H52N10O12. The highest BCUT2D eigenvalue weighted by Gasteiger charge is 2.33. The minimum absolute atomic E-state index is 0.0277. The number of carbonyl (C=O) groups excluding carboxylic acids is 8. The van der Waals surface area contributed by atoms with Crippen LogP contribution in [0.25, 0.3) is 0 Å². The van der Waals surface area contributed by atoms with Crippen LogP contribution in [-0.4, -0.2) is 105 Å². The van der Waals surface area contributed by atoms with Gasteiger partial charge in [0.05, 0.1) is 29.6 Å². The lowest BCUT2D eigenvalue weighted by Gasteiger charge is -2.26. The maximum Gasteiger partial charge on any atom is 0.310 e. The number of hydrogen-bond acceptors (Lipinski definition) is 14. The van der Waals surface area contributed by atoms with E-state index in [1.807, 2.05) is 12.2 Å². The number of anilines is 1. The van der Waals surface area contributed by atoms with E-state index in [9.17, 15) is 58.7 Å². The summed E-state index contributed by atoms with van der Waals surface area (Å²) in [5.74, 6) is -8.64. The van der Waals surface area contributed by atoms with Gasteiger partial charge in [-0.15, -0.1) is 0 Å². The van der Waals surface area contributed by atoms with Crippen molar-refractivity contribution < 1.29 is 53.5 Å². The van der Waals surface area contributed by atoms with Crippen molar-refractivity contribution >= 4 is 58.6 Å². The number of nitrogens with two attached hydrogens (primary N) is 3. The Balaban J connectivity index is 2.24. The molecule has 22 nitrogen and oxygen atoms in total. The first-order valence-electron chi connectivity index (χ1n) is 18.5. The quantitative estimate of drug-likeness (QED) is 0.0343. The molecule has 22 heteroatoms. The van der Waals surface area contributed by atoms with Gasteiger partial charge in [-0.2, -0.15) is 0 Å². The number of unbranched alkanes of at least 4 members (excludes halogenated alkanes) is 1. The number of amides is 8. The summed E-state index contributed by atoms with van der Waals surface area (Å²) in [6.07, 6.45) is -0.127. The maximum absolute atomic E-state index is 13.5. The predicted octanol–water partition coefficient (Wildman–Crippen LogP) is -2.13. The molecule has 0 aliphatic rings. The number of nitrogens with zero attached hydrogens (tertiary/aromatic N) is 1. The monoisotopic (exact) mass is 828 g/mol. The van der Waals surface area contributed by atoms with Gasteiger partial charge in [0, 0.05) is 18.2 Å². The SMILES string of the molecule is CCCC[C@H](NC(=O)[C@H](C)NC(=O)[C@@H](NC(=O)c1ccccc1N)C(C)C)C(=O)N[C@@H](CO)C(=O)N[C@@H](Cc1ccc(O)c([N+](=O)[O-])c1)C(=O)NC(=O)[C@@H](N)CC(N)=O. The molecule has 0 spiro atoms. The lowest BCUT2D eigenvalue weighted by molar-refractivity contribution is -0.385. The van der Waals surface area contributed by atoms with E-state index < -0.39 is 125 Å². The number of primary amides is 1. The molecule has 59 heavy (non-hydrogen) atoms. The van der Waals surface area contributed by atoms with Crippen molar-refractivity contribution in [3.63, 3.8) is 0 Å². The Kier molecular flexibility index (Phi) is 18.8. The molecule has 0 saturated heterocycles. The largest absolute Gasteiger partial charge is 0.502 e. The summed E-state index contributed by atoms with van der Waals surface area (Å²) in [4.78, 5) is 114. The Hall–Kier alpha value is -6.68. The number of phenolic OH excluding ortho intramolecular Hbond substituents is 1. The molecule has 0 aromatic heterocycles. The third-order valence-electron chi connectivity index (χ3n) is 8.80. The molecule has 0 saturated carbocycles. The van der Waals surface area contributed by atoms with Crippen molar-refractivity contribution in [2.45, 2.75) is 96.1 Å². The van der Waals surface area contributed by atoms with Gasteiger partial charge in [0.15, 0.2) is 5.75 Å². The highest BCUT2D eigenvalue weighted by molar-refractivity contribution is 6.03. The molecule has 0 bridgehead atoms. The average Bonchev–Trinajstić information content (AvgIpc) is 3.16. The molecule has 0 aliphatic carbocycles. The molecular weight excluding hydrogens is 776 g/mol. The Morgan fingerprint density at radius 2 is 1.41 bits per heavy atom. The van der Waals surface area contributed by atoms with Crippen LogP contribution in [0.15, 0.2) is 42.5 Å². The summed E-state index contributed by atoms with van der Waals surface area (Å²) >= 11 is 0. The topological polar surface area (TPSA) is 370 Å². The second kappa shape index (κ2) is 22.9. The van der Waals surface area contributed by atoms with Gasteiger partial charge < -0.3 is 54.0 Å². The lowest BCUT2D eigenvalue weighted by Crippen LogP contribution is -2.60. The van der Waals surface area contributed by atoms with Crippen LogP contribution in [-0.2, 0) is 40.0 Å². The first-order valence-corrected chi connectivity index (χ1v) is 18.5. The number of phenols is 1. The number of nitro groups is 1. The molecule has 0 fully saturated rings. The van der Waals surface area contributed by atoms with Gasteiger partial charge in [0.25, 0.3) is 5.91 Å². The molecule has 8 amide bonds. The molecule has 14 N–H and O–H groups in total. The Labute approximate surface area is 338 Å². The molecule has 0 heterocycles. The molecule has 0 unspecified atom stereocenters. The molecule has 322 valence electrons. The van der Waals surface area contributed by atoms with Crippen molar-refractivity contribution in [2.75, 3.05) is 12.3 Å². The fraction of sp³-hybridized carbons (Fsp3) is 0.459. The number of para-hydroxylation sites is 1. The van der Waals surface area contributed by atoms with E-state index in [1.54, 1.807) is 26.0 Å². The highest BCUT2D eigenvalue weighted by Crippen LogP contribution is 2.27. The predicted molar refractivity (Wildman–Crippen MR) is 210 cm³/mol. The van der Waals surface area contributed by atoms with Gasteiger partial charge in [0.1, 0.15) is 30.2 Å². The van der Waals surface area contributed by atoms with Crippen LogP contribution >= 0.6 is 0 Å². The number of hydrogen-bond donors (Lipinski definition) is 11. The fourth-order valence-corrected chi connectivity index (χ4v) is 5.44. The van der Waals surface area contributed by atoms with Gasteiger partial charge in [0.2, 0.25) is 41.4 Å². The van der Waals surface area contributed by atoms with Crippen molar-refractivity contribution in [3.8, 4) is 5.75 Å². The Morgan fingerprint density at radius 3 is 1.98 bits per heavy atom. The molecule has 2 aromatic carbocycles. The molecule has 0 radical (unpaired) electrons. The third-order valence-corrected chi connectivity index (χ3v) is 8.80. The highest BCUT2D eigenvalue weighted by atomic mass is 16.6. The lowest BCUT2D eigenvalue weighted by atomic mass is 10.0. The molecule has 6 atom stereocenters. The molecule has 2 aromatic rings. The minimum Gasteiger partial charge on any atom is -0.502 e. The zero-order chi connectivity index (χ0) is 44.6. The van der Waals surface area contributed by atoms with Crippen LogP contribution in [0.1, 0.15) is 69.3 Å². The number of nitrogen functional groups attached to an aromatic ring is 1. The normalized spacial score (nSPS) is 13.9. The number of nitrogens with one attached hydrogen (secondary N) is 6. The van der Waals surface area contributed by atoms with Crippen LogP contribution < -0.4 is 49.1 Å². The van der Waals surface area contributed by atoms with E-state index in [4.69, 9.17) is 17.2 Å². The maximum atomic E-state index is 13.5.